The number of carbonyl (C=O) groups is 1. The summed E-state index contributed by atoms with van der Waals surface area (Å²) in [4.78, 5) is 16.8. The van der Waals surface area contributed by atoms with Crippen molar-refractivity contribution in [3.63, 3.8) is 0 Å². The first-order valence-electron chi connectivity index (χ1n) is 9.28. The molecule has 4 rings (SSSR count). The van der Waals surface area contributed by atoms with Crippen LogP contribution in [0.15, 0.2) is 73.1 Å². The lowest BCUT2D eigenvalue weighted by Crippen LogP contribution is -2.51. The van der Waals surface area contributed by atoms with Crippen molar-refractivity contribution in [3.05, 3.63) is 89.7 Å². The molecule has 0 saturated heterocycles. The van der Waals surface area contributed by atoms with Gasteiger partial charge in [-0.15, -0.1) is 0 Å². The second kappa shape index (κ2) is 7.70. The number of hydrogen-bond acceptors (Lipinski definition) is 3. The van der Waals surface area contributed by atoms with E-state index in [2.05, 4.69) is 15.6 Å². The number of nitrogens with zero attached hydrogens (tertiary/aromatic N) is 1. The molecule has 1 unspecified atom stereocenters. The predicted molar refractivity (Wildman–Crippen MR) is 105 cm³/mol. The van der Waals surface area contributed by atoms with Gasteiger partial charge in [0.15, 0.2) is 0 Å². The van der Waals surface area contributed by atoms with Crippen LogP contribution in [0.2, 0.25) is 0 Å². The quantitative estimate of drug-likeness (QED) is 0.639. The predicted octanol–water partition coefficient (Wildman–Crippen LogP) is 4.95. The third-order valence-electron chi connectivity index (χ3n) is 5.03. The van der Waals surface area contributed by atoms with Gasteiger partial charge in [-0.1, -0.05) is 30.3 Å². The maximum atomic E-state index is 13.0. The average molecular weight is 413 g/mol. The van der Waals surface area contributed by atoms with Gasteiger partial charge in [-0.25, -0.2) is 4.79 Å². The molecule has 2 heterocycles. The summed E-state index contributed by atoms with van der Waals surface area (Å²) in [6.45, 7) is 0.297. The Balaban J connectivity index is 1.74. The molecule has 0 radical (unpaired) electrons. The van der Waals surface area contributed by atoms with Gasteiger partial charge in [0.25, 0.3) is 0 Å². The van der Waals surface area contributed by atoms with E-state index in [0.29, 0.717) is 35.6 Å². The summed E-state index contributed by atoms with van der Waals surface area (Å²) in [5, 5.41) is 5.69. The Morgan fingerprint density at radius 2 is 1.80 bits per heavy atom. The van der Waals surface area contributed by atoms with Crippen molar-refractivity contribution < 1.29 is 22.7 Å². The van der Waals surface area contributed by atoms with Crippen molar-refractivity contribution in [1.29, 1.82) is 0 Å². The molecule has 1 aliphatic heterocycles. The van der Waals surface area contributed by atoms with Gasteiger partial charge in [0.1, 0.15) is 5.75 Å². The minimum Gasteiger partial charge on any atom is -0.493 e. The lowest BCUT2D eigenvalue weighted by Gasteiger charge is -2.40. The van der Waals surface area contributed by atoms with E-state index in [0.717, 1.165) is 12.1 Å². The number of aromatic nitrogens is 1. The third kappa shape index (κ3) is 3.80. The van der Waals surface area contributed by atoms with Gasteiger partial charge in [0.2, 0.25) is 0 Å². The molecule has 30 heavy (non-hydrogen) atoms. The van der Waals surface area contributed by atoms with Crippen LogP contribution in [0.4, 0.5) is 23.7 Å². The van der Waals surface area contributed by atoms with Gasteiger partial charge >= 0.3 is 12.2 Å². The largest absolute Gasteiger partial charge is 0.493 e. The van der Waals surface area contributed by atoms with Crippen LogP contribution in [-0.4, -0.2) is 17.6 Å². The molecule has 3 aromatic rings. The summed E-state index contributed by atoms with van der Waals surface area (Å²) in [6.07, 6.45) is -0.996. The molecule has 1 atom stereocenters. The summed E-state index contributed by atoms with van der Waals surface area (Å²) in [6, 6.07) is 14.9. The Kier molecular flexibility index (Phi) is 5.07. The summed E-state index contributed by atoms with van der Waals surface area (Å²) in [5.74, 6) is 0.574. The number of benzene rings is 2. The highest BCUT2D eigenvalue weighted by molar-refractivity contribution is 5.90. The molecule has 2 aromatic carbocycles. The van der Waals surface area contributed by atoms with Crippen molar-refractivity contribution in [2.45, 2.75) is 18.1 Å². The number of amides is 2. The van der Waals surface area contributed by atoms with E-state index in [-0.39, 0.29) is 0 Å². The number of ether oxygens (including phenoxy) is 1. The number of para-hydroxylation sites is 1. The number of nitrogens with one attached hydrogen (secondary N) is 2. The number of rotatable bonds is 3. The molecule has 0 saturated carbocycles. The normalized spacial score (nSPS) is 18.1. The molecule has 0 fully saturated rings. The van der Waals surface area contributed by atoms with E-state index >= 15 is 0 Å². The van der Waals surface area contributed by atoms with E-state index in [1.54, 1.807) is 42.6 Å². The first-order chi connectivity index (χ1) is 14.4. The smallest absolute Gasteiger partial charge is 0.416 e. The third-order valence-corrected chi connectivity index (χ3v) is 5.03. The van der Waals surface area contributed by atoms with E-state index in [1.807, 2.05) is 0 Å². The number of fused-ring (bicyclic) bond motifs is 1. The summed E-state index contributed by atoms with van der Waals surface area (Å²) < 4.78 is 44.8. The molecule has 8 heteroatoms. The van der Waals surface area contributed by atoms with Gasteiger partial charge < -0.3 is 15.4 Å². The van der Waals surface area contributed by atoms with E-state index in [1.165, 1.54) is 18.3 Å². The number of alkyl halides is 3. The number of urea groups is 1. The van der Waals surface area contributed by atoms with Crippen molar-refractivity contribution in [3.8, 4) is 5.75 Å². The molecule has 0 aliphatic carbocycles. The highest BCUT2D eigenvalue weighted by Crippen LogP contribution is 2.42. The van der Waals surface area contributed by atoms with Gasteiger partial charge in [-0.2, -0.15) is 13.2 Å². The molecular weight excluding hydrogens is 395 g/mol. The fraction of sp³-hybridized carbons (Fsp3) is 0.182. The molecule has 1 aromatic heterocycles. The van der Waals surface area contributed by atoms with Crippen LogP contribution in [0.25, 0.3) is 0 Å². The Morgan fingerprint density at radius 3 is 2.50 bits per heavy atom. The number of pyridine rings is 1. The van der Waals surface area contributed by atoms with Gasteiger partial charge in [0, 0.05) is 18.2 Å². The number of anilines is 1. The molecule has 1 aliphatic rings. The lowest BCUT2D eigenvalue weighted by atomic mass is 9.78. The average Bonchev–Trinajstić information content (AvgIpc) is 2.74. The molecule has 2 N–H and O–H groups in total. The molecular formula is C22H18F3N3O2. The Labute approximate surface area is 170 Å². The number of hydrogen-bond donors (Lipinski definition) is 2. The van der Waals surface area contributed by atoms with E-state index in [4.69, 9.17) is 4.74 Å². The summed E-state index contributed by atoms with van der Waals surface area (Å²) in [7, 11) is 0. The second-order valence-corrected chi connectivity index (χ2v) is 6.90. The first kappa shape index (κ1) is 19.8. The zero-order valence-corrected chi connectivity index (χ0v) is 15.7. The molecule has 5 nitrogen and oxygen atoms in total. The maximum Gasteiger partial charge on any atom is 0.416 e. The molecule has 0 bridgehead atoms. The zero-order chi connectivity index (χ0) is 21.2. The van der Waals surface area contributed by atoms with Crippen LogP contribution in [0.1, 0.15) is 23.1 Å². The van der Waals surface area contributed by atoms with Crippen LogP contribution in [0, 0.1) is 0 Å². The molecule has 2 amide bonds. The van der Waals surface area contributed by atoms with Crippen LogP contribution < -0.4 is 15.4 Å². The van der Waals surface area contributed by atoms with Gasteiger partial charge in [0.05, 0.1) is 29.6 Å². The van der Waals surface area contributed by atoms with Crippen LogP contribution in [0.5, 0.6) is 5.75 Å². The standard InChI is InChI=1S/C22H18F3N3O2/c23-22(24,25)16-9-7-15(8-10-16)21(11-13-30-19-6-2-1-5-18(19)21)28-20(29)27-17-4-3-12-26-14-17/h1-10,12,14H,11,13H2,(H2,27,28,29). The van der Waals surface area contributed by atoms with E-state index < -0.39 is 23.3 Å². The summed E-state index contributed by atoms with van der Waals surface area (Å²) >= 11 is 0. The van der Waals surface area contributed by atoms with Crippen molar-refractivity contribution in [2.75, 3.05) is 11.9 Å². The highest BCUT2D eigenvalue weighted by atomic mass is 19.4. The molecule has 0 spiro atoms. The van der Waals surface area contributed by atoms with E-state index in [9.17, 15) is 18.0 Å². The van der Waals surface area contributed by atoms with Crippen LogP contribution in [0.3, 0.4) is 0 Å². The Hall–Kier alpha value is -3.55. The zero-order valence-electron chi connectivity index (χ0n) is 15.7. The number of halogens is 3. The highest BCUT2D eigenvalue weighted by Gasteiger charge is 2.41. The fourth-order valence-corrected chi connectivity index (χ4v) is 3.63. The van der Waals surface area contributed by atoms with Crippen molar-refractivity contribution in [2.24, 2.45) is 0 Å². The lowest BCUT2D eigenvalue weighted by molar-refractivity contribution is -0.137. The minimum atomic E-state index is -4.44. The van der Waals surface area contributed by atoms with Crippen molar-refractivity contribution >= 4 is 11.7 Å². The minimum absolute atomic E-state index is 0.297. The summed E-state index contributed by atoms with van der Waals surface area (Å²) in [5.41, 5.74) is -0.0879. The first-order valence-corrected chi connectivity index (χ1v) is 9.28. The number of carbonyl (C=O) groups excluding carboxylic acids is 1. The SMILES string of the molecule is O=C(Nc1cccnc1)NC1(c2ccc(C(F)(F)F)cc2)CCOc2ccccc21. The fourth-order valence-electron chi connectivity index (χ4n) is 3.63. The maximum absolute atomic E-state index is 13.0. The Bertz CT molecular complexity index is 1040. The topological polar surface area (TPSA) is 63.2 Å². The van der Waals surface area contributed by atoms with Gasteiger partial charge in [-0.05, 0) is 35.9 Å². The van der Waals surface area contributed by atoms with Crippen molar-refractivity contribution in [1.82, 2.24) is 10.3 Å². The second-order valence-electron chi connectivity index (χ2n) is 6.90. The Morgan fingerprint density at radius 1 is 1.03 bits per heavy atom. The monoisotopic (exact) mass is 413 g/mol. The molecule has 154 valence electrons. The van der Waals surface area contributed by atoms with Crippen LogP contribution in [-0.2, 0) is 11.7 Å². The van der Waals surface area contributed by atoms with Crippen LogP contribution >= 0.6 is 0 Å². The van der Waals surface area contributed by atoms with Gasteiger partial charge in [-0.3, -0.25) is 4.98 Å².